The molecular formula is C8H12O7S. The maximum atomic E-state index is 11.2. The first-order valence-electron chi connectivity index (χ1n) is 4.47. The van der Waals surface area contributed by atoms with Crippen LogP contribution in [0.1, 0.15) is 0 Å². The average Bonchev–Trinajstić information content (AvgIpc) is 2.39. The quantitative estimate of drug-likeness (QED) is 0.452. The molecule has 7 nitrogen and oxygen atoms in total. The van der Waals surface area contributed by atoms with Crippen molar-refractivity contribution in [1.82, 2.24) is 0 Å². The number of esters is 1. The van der Waals surface area contributed by atoms with Crippen LogP contribution in [0.4, 0.5) is 0 Å². The van der Waals surface area contributed by atoms with Crippen molar-refractivity contribution < 1.29 is 33.0 Å². The highest BCUT2D eigenvalue weighted by Crippen LogP contribution is 2.27. The Kier molecular flexibility index (Phi) is 3.54. The van der Waals surface area contributed by atoms with E-state index in [-0.39, 0.29) is 0 Å². The Balaban J connectivity index is 2.97. The highest BCUT2D eigenvalue weighted by atomic mass is 32.2. The normalized spacial score (nSPS) is 29.6. The summed E-state index contributed by atoms with van der Waals surface area (Å²) < 4.78 is 26.6. The van der Waals surface area contributed by atoms with Crippen LogP contribution in [0.15, 0.2) is 0 Å². The van der Waals surface area contributed by atoms with Crippen LogP contribution < -0.4 is 0 Å². The van der Waals surface area contributed by atoms with Crippen LogP contribution in [0.5, 0.6) is 0 Å². The molecule has 1 heterocycles. The summed E-state index contributed by atoms with van der Waals surface area (Å²) in [5, 5.41) is 18.3. The van der Waals surface area contributed by atoms with Crippen molar-refractivity contribution in [1.29, 1.82) is 0 Å². The van der Waals surface area contributed by atoms with Gasteiger partial charge in [0.15, 0.2) is 15.8 Å². The molecule has 0 spiro atoms. The van der Waals surface area contributed by atoms with E-state index >= 15 is 0 Å². The topological polar surface area (TPSA) is 118 Å². The van der Waals surface area contributed by atoms with Gasteiger partial charge in [0.05, 0.1) is 24.7 Å². The van der Waals surface area contributed by atoms with E-state index < -0.39 is 51.2 Å². The zero-order chi connectivity index (χ0) is 12.5. The number of hydrogen-bond acceptors (Lipinski definition) is 6. The Morgan fingerprint density at radius 3 is 2.25 bits per heavy atom. The van der Waals surface area contributed by atoms with Gasteiger partial charge >= 0.3 is 11.9 Å². The summed E-state index contributed by atoms with van der Waals surface area (Å²) in [6.45, 7) is 0. The van der Waals surface area contributed by atoms with Crippen LogP contribution in [0.3, 0.4) is 0 Å². The number of carbonyl (C=O) groups is 2. The highest BCUT2D eigenvalue weighted by Gasteiger charge is 2.47. The van der Waals surface area contributed by atoms with E-state index in [1.54, 1.807) is 0 Å². The fourth-order valence-electron chi connectivity index (χ4n) is 1.76. The number of rotatable bonds is 3. The van der Waals surface area contributed by atoms with Gasteiger partial charge in [0.2, 0.25) is 0 Å². The third-order valence-electron chi connectivity index (χ3n) is 2.51. The van der Waals surface area contributed by atoms with Crippen molar-refractivity contribution in [2.75, 3.05) is 18.6 Å². The Bertz CT molecular complexity index is 399. The molecule has 0 aliphatic carbocycles. The van der Waals surface area contributed by atoms with E-state index in [2.05, 4.69) is 4.74 Å². The van der Waals surface area contributed by atoms with Gasteiger partial charge in [-0.3, -0.25) is 9.59 Å². The van der Waals surface area contributed by atoms with Gasteiger partial charge in [0.1, 0.15) is 0 Å². The number of carbonyl (C=O) groups excluding carboxylic acids is 1. The minimum atomic E-state index is -3.49. The predicted octanol–water partition coefficient (Wildman–Crippen LogP) is -1.73. The molecule has 0 saturated carbocycles. The van der Waals surface area contributed by atoms with Crippen LogP contribution in [0, 0.1) is 11.8 Å². The fourth-order valence-corrected chi connectivity index (χ4v) is 3.66. The van der Waals surface area contributed by atoms with Crippen molar-refractivity contribution in [3.05, 3.63) is 0 Å². The van der Waals surface area contributed by atoms with E-state index in [1.165, 1.54) is 0 Å². The SMILES string of the molecule is COC(=O)C(C(=O)O)C1CS(=O)(=O)CC1O. The molecule has 1 fully saturated rings. The van der Waals surface area contributed by atoms with Crippen molar-refractivity contribution >= 4 is 21.8 Å². The Labute approximate surface area is 91.9 Å². The van der Waals surface area contributed by atoms with Crippen LogP contribution >= 0.6 is 0 Å². The molecule has 8 heteroatoms. The summed E-state index contributed by atoms with van der Waals surface area (Å²) in [5.74, 6) is -6.35. The summed E-state index contributed by atoms with van der Waals surface area (Å²) in [7, 11) is -2.48. The molecule has 0 aromatic rings. The summed E-state index contributed by atoms with van der Waals surface area (Å²) in [5.41, 5.74) is 0. The first-order valence-corrected chi connectivity index (χ1v) is 6.29. The fraction of sp³-hybridized carbons (Fsp3) is 0.750. The second kappa shape index (κ2) is 4.38. The van der Waals surface area contributed by atoms with Gasteiger partial charge in [0.25, 0.3) is 0 Å². The number of ether oxygens (including phenoxy) is 1. The van der Waals surface area contributed by atoms with Crippen LogP contribution in [-0.2, 0) is 24.2 Å². The van der Waals surface area contributed by atoms with Gasteiger partial charge < -0.3 is 14.9 Å². The number of sulfone groups is 1. The number of carboxylic acids is 1. The number of aliphatic hydroxyl groups excluding tert-OH is 1. The summed E-state index contributed by atoms with van der Waals surface area (Å²) in [6, 6.07) is 0. The molecule has 0 amide bonds. The van der Waals surface area contributed by atoms with Crippen LogP contribution in [0.2, 0.25) is 0 Å². The van der Waals surface area contributed by atoms with E-state index in [0.29, 0.717) is 0 Å². The molecule has 2 N–H and O–H groups in total. The van der Waals surface area contributed by atoms with Gasteiger partial charge in [0, 0.05) is 5.92 Å². The van der Waals surface area contributed by atoms with Gasteiger partial charge in [-0.15, -0.1) is 0 Å². The second-order valence-corrected chi connectivity index (χ2v) is 5.80. The molecule has 16 heavy (non-hydrogen) atoms. The highest BCUT2D eigenvalue weighted by molar-refractivity contribution is 7.91. The molecule has 0 aromatic heterocycles. The van der Waals surface area contributed by atoms with E-state index in [0.717, 1.165) is 7.11 Å². The zero-order valence-electron chi connectivity index (χ0n) is 8.49. The molecule has 0 aromatic carbocycles. The third-order valence-corrected chi connectivity index (χ3v) is 4.26. The lowest BCUT2D eigenvalue weighted by Gasteiger charge is -2.18. The number of carboxylic acid groups (broad SMARTS) is 1. The molecule has 1 rings (SSSR count). The van der Waals surface area contributed by atoms with E-state index in [9.17, 15) is 23.1 Å². The summed E-state index contributed by atoms with van der Waals surface area (Å²) >= 11 is 0. The molecule has 0 radical (unpaired) electrons. The average molecular weight is 252 g/mol. The molecule has 3 unspecified atom stereocenters. The van der Waals surface area contributed by atoms with Crippen molar-refractivity contribution in [3.63, 3.8) is 0 Å². The smallest absolute Gasteiger partial charge is 0.320 e. The largest absolute Gasteiger partial charge is 0.481 e. The van der Waals surface area contributed by atoms with Gasteiger partial charge in [-0.05, 0) is 0 Å². The molecule has 92 valence electrons. The lowest BCUT2D eigenvalue weighted by atomic mass is 9.90. The number of hydrogen-bond donors (Lipinski definition) is 2. The molecule has 1 aliphatic rings. The standard InChI is InChI=1S/C8H12O7S/c1-15-8(12)6(7(10)11)4-2-16(13,14)3-5(4)9/h4-6,9H,2-3H2,1H3,(H,10,11). The Hall–Kier alpha value is -1.15. The second-order valence-electron chi connectivity index (χ2n) is 3.65. The minimum absolute atomic E-state index is 0.514. The molecule has 1 aliphatic heterocycles. The lowest BCUT2D eigenvalue weighted by Crippen LogP contribution is -2.38. The van der Waals surface area contributed by atoms with Gasteiger partial charge in [-0.2, -0.15) is 0 Å². The zero-order valence-corrected chi connectivity index (χ0v) is 9.31. The number of aliphatic hydroxyl groups is 1. The third kappa shape index (κ3) is 2.50. The molecule has 0 bridgehead atoms. The minimum Gasteiger partial charge on any atom is -0.481 e. The predicted molar refractivity (Wildman–Crippen MR) is 51.3 cm³/mol. The Morgan fingerprint density at radius 1 is 1.38 bits per heavy atom. The first kappa shape index (κ1) is 12.9. The van der Waals surface area contributed by atoms with E-state index in [4.69, 9.17) is 5.11 Å². The lowest BCUT2D eigenvalue weighted by molar-refractivity contribution is -0.160. The summed E-state index contributed by atoms with van der Waals surface area (Å²) in [6.07, 6.45) is -1.34. The number of methoxy groups -OCH3 is 1. The van der Waals surface area contributed by atoms with Crippen LogP contribution in [-0.4, -0.2) is 55.3 Å². The Morgan fingerprint density at radius 2 is 1.94 bits per heavy atom. The van der Waals surface area contributed by atoms with Gasteiger partial charge in [-0.1, -0.05) is 0 Å². The molecule has 3 atom stereocenters. The summed E-state index contributed by atoms with van der Waals surface area (Å²) in [4.78, 5) is 22.0. The maximum Gasteiger partial charge on any atom is 0.320 e. The van der Waals surface area contributed by atoms with Crippen molar-refractivity contribution in [3.8, 4) is 0 Å². The van der Waals surface area contributed by atoms with Crippen molar-refractivity contribution in [2.24, 2.45) is 11.8 Å². The van der Waals surface area contributed by atoms with E-state index in [1.807, 2.05) is 0 Å². The first-order chi connectivity index (χ1) is 7.28. The van der Waals surface area contributed by atoms with Crippen molar-refractivity contribution in [2.45, 2.75) is 6.10 Å². The van der Waals surface area contributed by atoms with Crippen LogP contribution in [0.25, 0.3) is 0 Å². The maximum absolute atomic E-state index is 11.2. The van der Waals surface area contributed by atoms with Gasteiger partial charge in [-0.25, -0.2) is 8.42 Å². The number of aliphatic carboxylic acids is 1. The molecule has 1 saturated heterocycles. The molecular weight excluding hydrogens is 240 g/mol. The monoisotopic (exact) mass is 252 g/mol.